The zero-order valence-corrected chi connectivity index (χ0v) is 9.47. The van der Waals surface area contributed by atoms with Crippen molar-refractivity contribution in [3.63, 3.8) is 0 Å². The molecule has 0 aliphatic carbocycles. The highest BCUT2D eigenvalue weighted by molar-refractivity contribution is 5.84. The summed E-state index contributed by atoms with van der Waals surface area (Å²) in [5.41, 5.74) is 7.10. The molecule has 0 spiro atoms. The molecule has 0 saturated heterocycles. The number of fused-ring (bicyclic) bond motifs is 1. The molecule has 1 aliphatic rings. The maximum atomic E-state index is 6.21. The molecule has 0 bridgehead atoms. The van der Waals surface area contributed by atoms with Crippen LogP contribution in [0.5, 0.6) is 0 Å². The van der Waals surface area contributed by atoms with Crippen LogP contribution < -0.4 is 5.73 Å². The van der Waals surface area contributed by atoms with Crippen molar-refractivity contribution in [2.45, 2.75) is 12.5 Å². The minimum absolute atomic E-state index is 0.261. The molecule has 3 nitrogen and oxygen atoms in total. The van der Waals surface area contributed by atoms with E-state index in [4.69, 9.17) is 10.5 Å². The van der Waals surface area contributed by atoms with Crippen molar-refractivity contribution in [3.05, 3.63) is 54.1 Å². The summed E-state index contributed by atoms with van der Waals surface area (Å²) in [6.07, 6.45) is 4.79. The SMILES string of the molecule is NC(C1=CCCO1)c1nccc2ccccc12. The molecule has 0 fully saturated rings. The normalized spacial score (nSPS) is 16.6. The molecule has 3 heteroatoms. The van der Waals surface area contributed by atoms with Crippen LogP contribution in [0.1, 0.15) is 18.2 Å². The van der Waals surface area contributed by atoms with Gasteiger partial charge in [0, 0.05) is 18.0 Å². The standard InChI is InChI=1S/C14H14N2O/c15-13(12-6-3-9-17-12)14-11-5-2-1-4-10(11)7-8-16-14/h1-2,4-8,13H,3,9,15H2. The topological polar surface area (TPSA) is 48.1 Å². The molecule has 0 saturated carbocycles. The lowest BCUT2D eigenvalue weighted by molar-refractivity contribution is 0.225. The smallest absolute Gasteiger partial charge is 0.115 e. The van der Waals surface area contributed by atoms with E-state index in [9.17, 15) is 0 Å². The van der Waals surface area contributed by atoms with Gasteiger partial charge in [-0.05, 0) is 17.5 Å². The number of benzene rings is 1. The van der Waals surface area contributed by atoms with Gasteiger partial charge in [-0.3, -0.25) is 4.98 Å². The lowest BCUT2D eigenvalue weighted by atomic mass is 10.0. The van der Waals surface area contributed by atoms with Crippen molar-refractivity contribution in [3.8, 4) is 0 Å². The first-order valence-electron chi connectivity index (χ1n) is 5.78. The molecule has 0 amide bonds. The summed E-state index contributed by atoms with van der Waals surface area (Å²) in [4.78, 5) is 4.41. The van der Waals surface area contributed by atoms with Crippen LogP contribution in [0, 0.1) is 0 Å². The van der Waals surface area contributed by atoms with E-state index in [1.165, 1.54) is 0 Å². The Morgan fingerprint density at radius 1 is 1.24 bits per heavy atom. The average Bonchev–Trinajstić information content (AvgIpc) is 2.91. The minimum Gasteiger partial charge on any atom is -0.496 e. The third kappa shape index (κ3) is 1.78. The van der Waals surface area contributed by atoms with Crippen molar-refractivity contribution in [1.29, 1.82) is 0 Å². The maximum Gasteiger partial charge on any atom is 0.115 e. The molecular formula is C14H14N2O. The highest BCUT2D eigenvalue weighted by Gasteiger charge is 2.19. The number of pyridine rings is 1. The van der Waals surface area contributed by atoms with Crippen molar-refractivity contribution < 1.29 is 4.74 Å². The molecular weight excluding hydrogens is 212 g/mol. The van der Waals surface area contributed by atoms with Crippen LogP contribution in [0.4, 0.5) is 0 Å². The average molecular weight is 226 g/mol. The molecule has 1 aliphatic heterocycles. The van der Waals surface area contributed by atoms with Gasteiger partial charge in [0.2, 0.25) is 0 Å². The van der Waals surface area contributed by atoms with Gasteiger partial charge in [0.15, 0.2) is 0 Å². The molecule has 1 unspecified atom stereocenters. The number of aromatic nitrogens is 1. The highest BCUT2D eigenvalue weighted by atomic mass is 16.5. The first-order valence-corrected chi connectivity index (χ1v) is 5.78. The van der Waals surface area contributed by atoms with E-state index < -0.39 is 0 Å². The molecule has 0 radical (unpaired) electrons. The van der Waals surface area contributed by atoms with Gasteiger partial charge < -0.3 is 10.5 Å². The first kappa shape index (κ1) is 10.3. The van der Waals surface area contributed by atoms with Crippen LogP contribution in [0.3, 0.4) is 0 Å². The van der Waals surface area contributed by atoms with Crippen molar-refractivity contribution in [2.75, 3.05) is 6.61 Å². The number of rotatable bonds is 2. The molecule has 1 aromatic heterocycles. The van der Waals surface area contributed by atoms with Gasteiger partial charge >= 0.3 is 0 Å². The molecule has 2 heterocycles. The summed E-state index contributed by atoms with van der Waals surface area (Å²) in [7, 11) is 0. The summed E-state index contributed by atoms with van der Waals surface area (Å²) in [6, 6.07) is 9.87. The monoisotopic (exact) mass is 226 g/mol. The maximum absolute atomic E-state index is 6.21. The zero-order valence-electron chi connectivity index (χ0n) is 9.47. The van der Waals surface area contributed by atoms with Crippen molar-refractivity contribution in [2.24, 2.45) is 5.73 Å². The molecule has 1 atom stereocenters. The Morgan fingerprint density at radius 2 is 2.12 bits per heavy atom. The fraction of sp³-hybridized carbons (Fsp3) is 0.214. The Hall–Kier alpha value is -1.87. The van der Waals surface area contributed by atoms with E-state index in [-0.39, 0.29) is 6.04 Å². The predicted molar refractivity (Wildman–Crippen MR) is 67.3 cm³/mol. The van der Waals surface area contributed by atoms with Crippen molar-refractivity contribution >= 4 is 10.8 Å². The Balaban J connectivity index is 2.10. The molecule has 17 heavy (non-hydrogen) atoms. The van der Waals surface area contributed by atoms with Crippen LogP contribution in [0.25, 0.3) is 10.8 Å². The minimum atomic E-state index is -0.261. The number of ether oxygens (including phenoxy) is 1. The Labute approximate surface area is 99.9 Å². The highest BCUT2D eigenvalue weighted by Crippen LogP contribution is 2.27. The molecule has 3 rings (SSSR count). The fourth-order valence-corrected chi connectivity index (χ4v) is 2.18. The third-order valence-electron chi connectivity index (χ3n) is 3.04. The Bertz CT molecular complexity index is 572. The summed E-state index contributed by atoms with van der Waals surface area (Å²) >= 11 is 0. The van der Waals surface area contributed by atoms with E-state index >= 15 is 0 Å². The quantitative estimate of drug-likeness (QED) is 0.856. The third-order valence-corrected chi connectivity index (χ3v) is 3.04. The van der Waals surface area contributed by atoms with E-state index in [1.807, 2.05) is 30.3 Å². The number of hydrogen-bond donors (Lipinski definition) is 1. The van der Waals surface area contributed by atoms with Crippen LogP contribution in [-0.2, 0) is 4.74 Å². The zero-order chi connectivity index (χ0) is 11.7. The van der Waals surface area contributed by atoms with E-state index in [0.717, 1.165) is 35.3 Å². The lowest BCUT2D eigenvalue weighted by Gasteiger charge is -2.14. The molecule has 2 N–H and O–H groups in total. The van der Waals surface area contributed by atoms with Crippen LogP contribution in [0.15, 0.2) is 48.4 Å². The van der Waals surface area contributed by atoms with Gasteiger partial charge in [0.25, 0.3) is 0 Å². The van der Waals surface area contributed by atoms with E-state index in [0.29, 0.717) is 0 Å². The second kappa shape index (κ2) is 4.18. The summed E-state index contributed by atoms with van der Waals surface area (Å²) in [6.45, 7) is 0.730. The van der Waals surface area contributed by atoms with Gasteiger partial charge in [0.1, 0.15) is 11.8 Å². The Morgan fingerprint density at radius 3 is 2.94 bits per heavy atom. The lowest BCUT2D eigenvalue weighted by Crippen LogP contribution is -2.15. The largest absolute Gasteiger partial charge is 0.496 e. The first-order chi connectivity index (χ1) is 8.36. The number of hydrogen-bond acceptors (Lipinski definition) is 3. The van der Waals surface area contributed by atoms with Crippen molar-refractivity contribution in [1.82, 2.24) is 4.98 Å². The second-order valence-electron chi connectivity index (χ2n) is 4.14. The number of nitrogens with two attached hydrogens (primary N) is 1. The van der Waals surface area contributed by atoms with E-state index in [2.05, 4.69) is 11.1 Å². The van der Waals surface area contributed by atoms with Crippen LogP contribution in [0.2, 0.25) is 0 Å². The van der Waals surface area contributed by atoms with Gasteiger partial charge in [-0.15, -0.1) is 0 Å². The van der Waals surface area contributed by atoms with Crippen LogP contribution >= 0.6 is 0 Å². The molecule has 2 aromatic rings. The van der Waals surface area contributed by atoms with Gasteiger partial charge in [-0.1, -0.05) is 24.3 Å². The molecule has 1 aromatic carbocycles. The Kier molecular flexibility index (Phi) is 2.53. The van der Waals surface area contributed by atoms with Gasteiger partial charge in [-0.2, -0.15) is 0 Å². The van der Waals surface area contributed by atoms with Crippen LogP contribution in [-0.4, -0.2) is 11.6 Å². The van der Waals surface area contributed by atoms with Gasteiger partial charge in [-0.25, -0.2) is 0 Å². The molecule has 86 valence electrons. The second-order valence-corrected chi connectivity index (χ2v) is 4.14. The van der Waals surface area contributed by atoms with Gasteiger partial charge in [0.05, 0.1) is 12.3 Å². The number of nitrogens with zero attached hydrogens (tertiary/aromatic N) is 1. The summed E-state index contributed by atoms with van der Waals surface area (Å²) in [5.74, 6) is 0.842. The van der Waals surface area contributed by atoms with E-state index in [1.54, 1.807) is 6.20 Å². The predicted octanol–water partition coefficient (Wildman–Crippen LogP) is 2.54. The summed E-state index contributed by atoms with van der Waals surface area (Å²) in [5, 5.41) is 2.26. The summed E-state index contributed by atoms with van der Waals surface area (Å²) < 4.78 is 5.51. The fourth-order valence-electron chi connectivity index (χ4n) is 2.18.